The lowest BCUT2D eigenvalue weighted by atomic mass is 9.77. The molecule has 7 nitrogen and oxygen atoms in total. The summed E-state index contributed by atoms with van der Waals surface area (Å²) in [7, 11) is 0. The van der Waals surface area contributed by atoms with Crippen LogP contribution in [0, 0.1) is 5.41 Å². The SMILES string of the molecule is CC1=CC(=O)CC(C)(C)C1.O=c1[nH]c(=O)[nH]c(=O)[nH]1. The summed E-state index contributed by atoms with van der Waals surface area (Å²) in [5.74, 6) is 0.286. The number of aromatic amines is 3. The minimum absolute atomic E-state index is 0.204. The van der Waals surface area contributed by atoms with Crippen molar-refractivity contribution in [1.29, 1.82) is 0 Å². The van der Waals surface area contributed by atoms with Gasteiger partial charge in [-0.05, 0) is 24.8 Å². The number of carbonyl (C=O) groups excluding carboxylic acids is 1. The molecule has 1 aliphatic rings. The van der Waals surface area contributed by atoms with Crippen LogP contribution in [0.2, 0.25) is 0 Å². The Balaban J connectivity index is 0.000000191. The summed E-state index contributed by atoms with van der Waals surface area (Å²) >= 11 is 0. The molecule has 0 spiro atoms. The Labute approximate surface area is 108 Å². The highest BCUT2D eigenvalue weighted by atomic mass is 16.2. The highest BCUT2D eigenvalue weighted by Crippen LogP contribution is 2.32. The van der Waals surface area contributed by atoms with Crippen LogP contribution in [0.3, 0.4) is 0 Å². The van der Waals surface area contributed by atoms with Gasteiger partial charge in [0.1, 0.15) is 0 Å². The molecule has 0 unspecified atom stereocenters. The Bertz CT molecular complexity index is 582. The smallest absolute Gasteiger partial charge is 0.295 e. The molecule has 0 aliphatic heterocycles. The van der Waals surface area contributed by atoms with E-state index in [4.69, 9.17) is 0 Å². The molecule has 7 heteroatoms. The topological polar surface area (TPSA) is 116 Å². The van der Waals surface area contributed by atoms with Crippen molar-refractivity contribution in [3.63, 3.8) is 0 Å². The van der Waals surface area contributed by atoms with E-state index in [0.29, 0.717) is 6.42 Å². The van der Waals surface area contributed by atoms with E-state index in [1.807, 2.05) is 6.92 Å². The number of allylic oxidation sites excluding steroid dienone is 2. The van der Waals surface area contributed by atoms with E-state index in [2.05, 4.69) is 13.8 Å². The minimum Gasteiger partial charge on any atom is -0.295 e. The zero-order valence-corrected chi connectivity index (χ0v) is 11.1. The van der Waals surface area contributed by atoms with E-state index in [1.54, 1.807) is 21.0 Å². The summed E-state index contributed by atoms with van der Waals surface area (Å²) in [4.78, 5) is 46.9. The summed E-state index contributed by atoms with van der Waals surface area (Å²) in [5.41, 5.74) is -0.979. The van der Waals surface area contributed by atoms with Gasteiger partial charge in [0.2, 0.25) is 0 Å². The second-order valence-electron chi connectivity index (χ2n) is 5.34. The molecule has 0 bridgehead atoms. The lowest BCUT2D eigenvalue weighted by Crippen LogP contribution is -2.34. The zero-order chi connectivity index (χ0) is 14.6. The zero-order valence-electron chi connectivity index (χ0n) is 11.1. The molecule has 3 N–H and O–H groups in total. The van der Waals surface area contributed by atoms with Gasteiger partial charge in [0, 0.05) is 6.42 Å². The molecular weight excluding hydrogens is 250 g/mol. The first kappa shape index (κ1) is 14.9. The first-order chi connectivity index (χ1) is 8.68. The van der Waals surface area contributed by atoms with Crippen LogP contribution in [0.5, 0.6) is 0 Å². The molecule has 1 aromatic heterocycles. The molecule has 1 heterocycles. The fourth-order valence-corrected chi connectivity index (χ4v) is 2.07. The maximum atomic E-state index is 11.0. The number of carbonyl (C=O) groups is 1. The molecule has 0 fully saturated rings. The van der Waals surface area contributed by atoms with Crippen molar-refractivity contribution in [2.45, 2.75) is 33.6 Å². The molecule has 19 heavy (non-hydrogen) atoms. The molecule has 1 aliphatic carbocycles. The van der Waals surface area contributed by atoms with Crippen LogP contribution in [-0.4, -0.2) is 20.7 Å². The molecule has 1 aromatic rings. The van der Waals surface area contributed by atoms with E-state index >= 15 is 0 Å². The molecule has 0 saturated heterocycles. The van der Waals surface area contributed by atoms with Crippen LogP contribution >= 0.6 is 0 Å². The van der Waals surface area contributed by atoms with Crippen molar-refractivity contribution in [2.75, 3.05) is 0 Å². The van der Waals surface area contributed by atoms with Gasteiger partial charge in [-0.25, -0.2) is 14.4 Å². The first-order valence-corrected chi connectivity index (χ1v) is 5.81. The maximum Gasteiger partial charge on any atom is 0.330 e. The van der Waals surface area contributed by atoms with E-state index in [1.165, 1.54) is 5.57 Å². The number of rotatable bonds is 0. The van der Waals surface area contributed by atoms with Crippen molar-refractivity contribution in [1.82, 2.24) is 15.0 Å². The predicted molar refractivity (Wildman–Crippen MR) is 70.1 cm³/mol. The quantitative estimate of drug-likeness (QED) is 0.617. The summed E-state index contributed by atoms with van der Waals surface area (Å²) in [6, 6.07) is 0. The number of hydrogen-bond acceptors (Lipinski definition) is 4. The predicted octanol–water partition coefficient (Wildman–Crippen LogP) is 0.0733. The van der Waals surface area contributed by atoms with E-state index in [0.717, 1.165) is 6.42 Å². The summed E-state index contributed by atoms with van der Waals surface area (Å²) < 4.78 is 0. The Morgan fingerprint density at radius 1 is 0.895 bits per heavy atom. The van der Waals surface area contributed by atoms with Gasteiger partial charge in [0.15, 0.2) is 5.78 Å². The highest BCUT2D eigenvalue weighted by Gasteiger charge is 2.25. The maximum absolute atomic E-state index is 11.0. The molecule has 0 saturated carbocycles. The molecule has 0 atom stereocenters. The summed E-state index contributed by atoms with van der Waals surface area (Å²) in [6.45, 7) is 6.31. The monoisotopic (exact) mass is 267 g/mol. The van der Waals surface area contributed by atoms with Gasteiger partial charge in [0.05, 0.1) is 0 Å². The number of ketones is 1. The molecular formula is C12H17N3O4. The van der Waals surface area contributed by atoms with Gasteiger partial charge in [-0.15, -0.1) is 0 Å². The summed E-state index contributed by atoms with van der Waals surface area (Å²) in [5, 5.41) is 0. The van der Waals surface area contributed by atoms with Crippen LogP contribution in [0.1, 0.15) is 33.6 Å². The third-order valence-corrected chi connectivity index (χ3v) is 2.50. The van der Waals surface area contributed by atoms with Gasteiger partial charge in [-0.1, -0.05) is 19.4 Å². The Morgan fingerprint density at radius 3 is 1.63 bits per heavy atom. The lowest BCUT2D eigenvalue weighted by Gasteiger charge is -2.27. The fourth-order valence-electron chi connectivity index (χ4n) is 2.07. The Kier molecular flexibility index (Phi) is 4.42. The van der Waals surface area contributed by atoms with Gasteiger partial charge >= 0.3 is 17.1 Å². The minimum atomic E-state index is -0.802. The van der Waals surface area contributed by atoms with Crippen LogP contribution in [0.15, 0.2) is 26.0 Å². The van der Waals surface area contributed by atoms with Gasteiger partial charge in [0.25, 0.3) is 0 Å². The molecule has 0 radical (unpaired) electrons. The first-order valence-electron chi connectivity index (χ1n) is 5.81. The van der Waals surface area contributed by atoms with Crippen molar-refractivity contribution < 1.29 is 4.79 Å². The van der Waals surface area contributed by atoms with Crippen LogP contribution in [0.4, 0.5) is 0 Å². The second kappa shape index (κ2) is 5.64. The van der Waals surface area contributed by atoms with Crippen molar-refractivity contribution >= 4 is 5.78 Å². The van der Waals surface area contributed by atoms with Gasteiger partial charge in [-0.2, -0.15) is 0 Å². The van der Waals surface area contributed by atoms with Crippen molar-refractivity contribution in [3.8, 4) is 0 Å². The lowest BCUT2D eigenvalue weighted by molar-refractivity contribution is -0.117. The second-order valence-corrected chi connectivity index (χ2v) is 5.34. The average molecular weight is 267 g/mol. The van der Waals surface area contributed by atoms with Gasteiger partial charge in [-0.3, -0.25) is 19.7 Å². The highest BCUT2D eigenvalue weighted by molar-refractivity contribution is 5.91. The molecule has 0 aromatic carbocycles. The van der Waals surface area contributed by atoms with E-state index < -0.39 is 17.1 Å². The molecule has 0 amide bonds. The Hall–Kier alpha value is -2.18. The van der Waals surface area contributed by atoms with Crippen LogP contribution in [0.25, 0.3) is 0 Å². The van der Waals surface area contributed by atoms with Gasteiger partial charge < -0.3 is 0 Å². The van der Waals surface area contributed by atoms with E-state index in [9.17, 15) is 19.2 Å². The summed E-state index contributed by atoms with van der Waals surface area (Å²) in [6.07, 6.45) is 3.55. The Morgan fingerprint density at radius 2 is 1.32 bits per heavy atom. The number of aromatic nitrogens is 3. The van der Waals surface area contributed by atoms with Crippen molar-refractivity contribution in [3.05, 3.63) is 43.1 Å². The normalized spacial score (nSPS) is 17.2. The molecule has 2 rings (SSSR count). The number of nitrogens with one attached hydrogen (secondary N) is 3. The number of H-pyrrole nitrogens is 3. The molecule has 104 valence electrons. The average Bonchev–Trinajstić information content (AvgIpc) is 2.10. The largest absolute Gasteiger partial charge is 0.330 e. The number of hydrogen-bond donors (Lipinski definition) is 3. The van der Waals surface area contributed by atoms with Crippen LogP contribution in [-0.2, 0) is 4.79 Å². The van der Waals surface area contributed by atoms with Crippen molar-refractivity contribution in [2.24, 2.45) is 5.41 Å². The van der Waals surface area contributed by atoms with E-state index in [-0.39, 0.29) is 11.2 Å². The standard InChI is InChI=1S/C9H14O.C3H3N3O3/c1-7-4-8(10)6-9(2,3)5-7;7-1-4-2(8)6-3(9)5-1/h4H,5-6H2,1-3H3;(H3,4,5,6,7,8,9). The fraction of sp³-hybridized carbons (Fsp3) is 0.500. The third kappa shape index (κ3) is 5.33. The third-order valence-electron chi connectivity index (χ3n) is 2.50. The van der Waals surface area contributed by atoms with Crippen LogP contribution < -0.4 is 17.1 Å².